The summed E-state index contributed by atoms with van der Waals surface area (Å²) >= 11 is 0. The van der Waals surface area contributed by atoms with Crippen molar-refractivity contribution in [2.24, 2.45) is 5.73 Å². The van der Waals surface area contributed by atoms with Gasteiger partial charge in [-0.3, -0.25) is 19.4 Å². The van der Waals surface area contributed by atoms with Crippen molar-refractivity contribution in [3.05, 3.63) is 66.0 Å². The number of amides is 3. The number of pyridine rings is 1. The Labute approximate surface area is 228 Å². The lowest BCUT2D eigenvalue weighted by Gasteiger charge is -2.15. The van der Waals surface area contributed by atoms with E-state index < -0.39 is 17.6 Å². The first-order valence-corrected chi connectivity index (χ1v) is 13.2. The van der Waals surface area contributed by atoms with Crippen molar-refractivity contribution in [3.8, 4) is 0 Å². The Morgan fingerprint density at radius 2 is 1.69 bits per heavy atom. The van der Waals surface area contributed by atoms with Crippen LogP contribution in [0, 0.1) is 0 Å². The normalized spacial score (nSPS) is 13.3. The molecule has 216 valence electrons. The number of nitrogens with zero attached hydrogens (tertiary/aromatic N) is 2. The third kappa shape index (κ3) is 14.9. The second-order valence-corrected chi connectivity index (χ2v) is 8.92. The predicted octanol–water partition coefficient (Wildman–Crippen LogP) is 4.17. The Hall–Kier alpha value is -3.47. The highest BCUT2D eigenvalue weighted by Gasteiger charge is 2.31. The molecular weight excluding hydrogens is 511 g/mol. The molecule has 0 bridgehead atoms. The molecule has 1 saturated heterocycles. The minimum absolute atomic E-state index is 0.112. The van der Waals surface area contributed by atoms with Gasteiger partial charge < -0.3 is 21.3 Å². The van der Waals surface area contributed by atoms with Gasteiger partial charge in [-0.25, -0.2) is 0 Å². The molecule has 3 amide bonds. The number of carbonyl (C=O) groups excluding carboxylic acids is 3. The molecule has 1 aromatic heterocycles. The van der Waals surface area contributed by atoms with Crippen molar-refractivity contribution in [2.75, 3.05) is 26.2 Å². The Kier molecular flexibility index (Phi) is 16.1. The van der Waals surface area contributed by atoms with E-state index in [1.807, 2.05) is 18.2 Å². The topological polar surface area (TPSA) is 117 Å². The molecule has 0 unspecified atom stereocenters. The Balaban J connectivity index is 0.000000353. The van der Waals surface area contributed by atoms with Gasteiger partial charge in [-0.05, 0) is 62.6 Å². The van der Waals surface area contributed by atoms with Crippen LogP contribution >= 0.6 is 0 Å². The van der Waals surface area contributed by atoms with E-state index in [2.05, 4.69) is 29.5 Å². The van der Waals surface area contributed by atoms with E-state index in [1.165, 1.54) is 12.1 Å². The molecule has 1 fully saturated rings. The number of likely N-dealkylation sites (tertiary alicyclic amines) is 1. The van der Waals surface area contributed by atoms with Crippen LogP contribution in [0.25, 0.3) is 0 Å². The maximum absolute atomic E-state index is 12.6. The number of hydrogen-bond donors (Lipinski definition) is 3. The molecule has 1 aliphatic rings. The molecule has 2 heterocycles. The molecule has 0 aliphatic carbocycles. The first kappa shape index (κ1) is 33.6. The maximum atomic E-state index is 12.6. The summed E-state index contributed by atoms with van der Waals surface area (Å²) in [5.41, 5.74) is 4.07. The van der Waals surface area contributed by atoms with Crippen LogP contribution in [0.5, 0.6) is 0 Å². The summed E-state index contributed by atoms with van der Waals surface area (Å²) in [5, 5.41) is 5.69. The smallest absolute Gasteiger partial charge is 0.370 e. The van der Waals surface area contributed by atoms with Gasteiger partial charge in [0.2, 0.25) is 11.8 Å². The van der Waals surface area contributed by atoms with Crippen LogP contribution in [0.3, 0.4) is 0 Å². The fourth-order valence-corrected chi connectivity index (χ4v) is 3.79. The lowest BCUT2D eigenvalue weighted by Crippen LogP contribution is -2.38. The van der Waals surface area contributed by atoms with Gasteiger partial charge in [0.15, 0.2) is 0 Å². The number of primary amides is 1. The summed E-state index contributed by atoms with van der Waals surface area (Å²) in [6.45, 7) is 6.32. The standard InChI is InChI=1S/C14H15F3N2O2.C9H20N2O.C5H5N/c15-14(16,17)11-5-3-4-10(8-11)13(21)18-9-12(20)19-6-1-2-7-19;1-3-5-8(11-4-2)6-7-9(10)12;1-2-4-6-5-3-1/h3-5,8H,1-2,6-7,9H2,(H,18,21);8,11H,3-7H2,1-2H3,(H2,10,12);1-5H/t;8-;/m.0./s1. The van der Waals surface area contributed by atoms with E-state index in [-0.39, 0.29) is 23.9 Å². The van der Waals surface area contributed by atoms with E-state index in [4.69, 9.17) is 5.73 Å². The second-order valence-electron chi connectivity index (χ2n) is 8.92. The van der Waals surface area contributed by atoms with Crippen LogP contribution in [-0.2, 0) is 15.8 Å². The molecule has 1 aliphatic heterocycles. The van der Waals surface area contributed by atoms with E-state index >= 15 is 0 Å². The quantitative estimate of drug-likeness (QED) is 0.410. The van der Waals surface area contributed by atoms with Gasteiger partial charge >= 0.3 is 6.18 Å². The number of alkyl halides is 3. The van der Waals surface area contributed by atoms with Crippen molar-refractivity contribution in [1.82, 2.24) is 20.5 Å². The van der Waals surface area contributed by atoms with Crippen molar-refractivity contribution < 1.29 is 27.6 Å². The average molecular weight is 552 g/mol. The SMILES string of the molecule is CCC[C@@H](CCC(N)=O)NCC.O=C(NCC(=O)N1CCCC1)c1cccc(C(F)(F)F)c1.c1ccncc1. The average Bonchev–Trinajstić information content (AvgIpc) is 3.47. The van der Waals surface area contributed by atoms with Gasteiger partial charge in [0.05, 0.1) is 12.1 Å². The molecule has 4 N–H and O–H groups in total. The Bertz CT molecular complexity index is 951. The Morgan fingerprint density at radius 3 is 2.18 bits per heavy atom. The minimum atomic E-state index is -4.50. The zero-order valence-corrected chi connectivity index (χ0v) is 22.7. The van der Waals surface area contributed by atoms with Gasteiger partial charge in [-0.2, -0.15) is 13.2 Å². The molecule has 39 heavy (non-hydrogen) atoms. The molecule has 1 aromatic carbocycles. The van der Waals surface area contributed by atoms with Crippen molar-refractivity contribution in [3.63, 3.8) is 0 Å². The summed E-state index contributed by atoms with van der Waals surface area (Å²) in [4.78, 5) is 39.5. The predicted molar refractivity (Wildman–Crippen MR) is 145 cm³/mol. The van der Waals surface area contributed by atoms with Gasteiger partial charge in [-0.15, -0.1) is 0 Å². The van der Waals surface area contributed by atoms with Crippen LogP contribution in [0.15, 0.2) is 54.9 Å². The van der Waals surface area contributed by atoms with Crippen molar-refractivity contribution in [2.45, 2.75) is 64.6 Å². The summed E-state index contributed by atoms with van der Waals surface area (Å²) in [5.74, 6) is -1.10. The Morgan fingerprint density at radius 1 is 1.03 bits per heavy atom. The summed E-state index contributed by atoms with van der Waals surface area (Å²) in [7, 11) is 0. The highest BCUT2D eigenvalue weighted by molar-refractivity contribution is 5.96. The largest absolute Gasteiger partial charge is 0.416 e. The summed E-state index contributed by atoms with van der Waals surface area (Å²) < 4.78 is 37.7. The number of carbonyl (C=O) groups is 3. The fraction of sp³-hybridized carbons (Fsp3) is 0.500. The van der Waals surface area contributed by atoms with Gasteiger partial charge in [0.1, 0.15) is 0 Å². The van der Waals surface area contributed by atoms with E-state index in [0.29, 0.717) is 25.6 Å². The third-order valence-corrected chi connectivity index (χ3v) is 5.75. The first-order chi connectivity index (χ1) is 18.6. The minimum Gasteiger partial charge on any atom is -0.370 e. The molecule has 1 atom stereocenters. The molecule has 8 nitrogen and oxygen atoms in total. The van der Waals surface area contributed by atoms with Crippen LogP contribution in [0.2, 0.25) is 0 Å². The van der Waals surface area contributed by atoms with Crippen LogP contribution in [-0.4, -0.2) is 59.8 Å². The van der Waals surface area contributed by atoms with Crippen LogP contribution in [0.1, 0.15) is 68.3 Å². The molecule has 0 spiro atoms. The van der Waals surface area contributed by atoms with Gasteiger partial charge in [-0.1, -0.05) is 32.4 Å². The summed E-state index contributed by atoms with van der Waals surface area (Å²) in [6.07, 6.45) is 4.52. The van der Waals surface area contributed by atoms with E-state index in [1.54, 1.807) is 17.3 Å². The number of nitrogens with one attached hydrogen (secondary N) is 2. The lowest BCUT2D eigenvalue weighted by atomic mass is 10.1. The maximum Gasteiger partial charge on any atom is 0.416 e. The third-order valence-electron chi connectivity index (χ3n) is 5.75. The fourth-order valence-electron chi connectivity index (χ4n) is 3.79. The molecule has 0 saturated carbocycles. The first-order valence-electron chi connectivity index (χ1n) is 13.2. The number of nitrogens with two attached hydrogens (primary N) is 1. The van der Waals surface area contributed by atoms with Crippen LogP contribution < -0.4 is 16.4 Å². The number of rotatable bonds is 10. The molecule has 11 heteroatoms. The molecule has 0 radical (unpaired) electrons. The van der Waals surface area contributed by atoms with E-state index in [9.17, 15) is 27.6 Å². The second kappa shape index (κ2) is 18.7. The molecule has 3 rings (SSSR count). The highest BCUT2D eigenvalue weighted by Crippen LogP contribution is 2.29. The molecule has 2 aromatic rings. The number of benzene rings is 1. The van der Waals surface area contributed by atoms with E-state index in [0.717, 1.165) is 50.8 Å². The number of aromatic nitrogens is 1. The van der Waals surface area contributed by atoms with Gasteiger partial charge in [0, 0.05) is 43.5 Å². The van der Waals surface area contributed by atoms with Crippen molar-refractivity contribution >= 4 is 17.7 Å². The zero-order valence-electron chi connectivity index (χ0n) is 22.7. The van der Waals surface area contributed by atoms with Gasteiger partial charge in [0.25, 0.3) is 5.91 Å². The monoisotopic (exact) mass is 551 g/mol. The number of hydrogen-bond acceptors (Lipinski definition) is 5. The lowest BCUT2D eigenvalue weighted by molar-refractivity contribution is -0.137. The van der Waals surface area contributed by atoms with Crippen LogP contribution in [0.4, 0.5) is 13.2 Å². The summed E-state index contributed by atoms with van der Waals surface area (Å²) in [6, 6.07) is 10.3. The molecular formula is C28H40F3N5O3. The zero-order chi connectivity index (χ0) is 29.1. The number of halogens is 3. The highest BCUT2D eigenvalue weighted by atomic mass is 19.4. The van der Waals surface area contributed by atoms with Crippen molar-refractivity contribution in [1.29, 1.82) is 0 Å².